The highest BCUT2D eigenvalue weighted by atomic mass is 16.1. The molecule has 7 heteroatoms. The minimum Gasteiger partial charge on any atom is -0.368 e. The summed E-state index contributed by atoms with van der Waals surface area (Å²) in [7, 11) is 0. The second-order valence-corrected chi connectivity index (χ2v) is 4.09. The molecule has 1 fully saturated rings. The van der Waals surface area contributed by atoms with Crippen molar-refractivity contribution in [3.05, 3.63) is 23.9 Å². The summed E-state index contributed by atoms with van der Waals surface area (Å²) in [5.74, 6) is -0.311. The molecular weight excluding hydrogens is 234 g/mol. The molecule has 0 bridgehead atoms. The van der Waals surface area contributed by atoms with Crippen LogP contribution in [0.5, 0.6) is 0 Å². The van der Waals surface area contributed by atoms with E-state index in [-0.39, 0.29) is 0 Å². The van der Waals surface area contributed by atoms with E-state index in [0.717, 1.165) is 6.54 Å². The number of hydrogen-bond acceptors (Lipinski definition) is 5. The van der Waals surface area contributed by atoms with Crippen molar-refractivity contribution in [2.24, 2.45) is 11.5 Å². The highest BCUT2D eigenvalue weighted by Crippen LogP contribution is 2.15. The van der Waals surface area contributed by atoms with Crippen LogP contribution >= 0.6 is 0 Å². The molecule has 0 aromatic carbocycles. The molecule has 1 aliphatic rings. The highest BCUT2D eigenvalue weighted by Gasteiger charge is 2.27. The number of nitrogens with one attached hydrogen (secondary N) is 1. The van der Waals surface area contributed by atoms with E-state index in [0.29, 0.717) is 24.5 Å². The Balaban J connectivity index is 2.23. The second kappa shape index (κ2) is 5.01. The summed E-state index contributed by atoms with van der Waals surface area (Å²) in [5, 5.41) is 3.10. The number of carbonyl (C=O) groups excluding carboxylic acids is 2. The fourth-order valence-corrected chi connectivity index (χ4v) is 1.93. The number of rotatable bonds is 3. The zero-order valence-electron chi connectivity index (χ0n) is 9.80. The summed E-state index contributed by atoms with van der Waals surface area (Å²) < 4.78 is 0. The third kappa shape index (κ3) is 2.40. The summed E-state index contributed by atoms with van der Waals surface area (Å²) >= 11 is 0. The molecule has 0 saturated carbocycles. The number of amides is 2. The van der Waals surface area contributed by atoms with Gasteiger partial charge in [-0.1, -0.05) is 0 Å². The summed E-state index contributed by atoms with van der Waals surface area (Å²) in [5.41, 5.74) is 10.8. The zero-order chi connectivity index (χ0) is 13.1. The van der Waals surface area contributed by atoms with E-state index in [9.17, 15) is 9.59 Å². The van der Waals surface area contributed by atoms with E-state index in [1.807, 2.05) is 4.90 Å². The largest absolute Gasteiger partial charge is 0.368 e. The Morgan fingerprint density at radius 2 is 2.17 bits per heavy atom. The van der Waals surface area contributed by atoms with Crippen molar-refractivity contribution in [1.82, 2.24) is 10.3 Å². The molecule has 7 nitrogen and oxygen atoms in total. The minimum atomic E-state index is -0.527. The number of anilines is 1. The molecular formula is C11H15N5O2. The Morgan fingerprint density at radius 3 is 2.72 bits per heavy atom. The van der Waals surface area contributed by atoms with Crippen LogP contribution in [0.4, 0.5) is 5.82 Å². The van der Waals surface area contributed by atoms with E-state index < -0.39 is 17.9 Å². The van der Waals surface area contributed by atoms with E-state index in [1.165, 1.54) is 6.20 Å². The average Bonchev–Trinajstić information content (AvgIpc) is 2.39. The van der Waals surface area contributed by atoms with Crippen molar-refractivity contribution in [3.63, 3.8) is 0 Å². The number of nitrogens with zero attached hydrogens (tertiary/aromatic N) is 2. The van der Waals surface area contributed by atoms with Gasteiger partial charge in [-0.25, -0.2) is 4.98 Å². The van der Waals surface area contributed by atoms with Crippen molar-refractivity contribution in [3.8, 4) is 0 Å². The Kier molecular flexibility index (Phi) is 3.42. The van der Waals surface area contributed by atoms with Crippen LogP contribution in [-0.2, 0) is 4.79 Å². The first kappa shape index (κ1) is 12.3. The number of nitrogens with two attached hydrogens (primary N) is 2. The number of primary amides is 2. The molecule has 18 heavy (non-hydrogen) atoms. The Bertz CT molecular complexity index is 459. The predicted octanol–water partition coefficient (Wildman–Crippen LogP) is -1.56. The van der Waals surface area contributed by atoms with Crippen molar-refractivity contribution < 1.29 is 9.59 Å². The van der Waals surface area contributed by atoms with Crippen LogP contribution in [-0.4, -0.2) is 42.5 Å². The van der Waals surface area contributed by atoms with Crippen molar-refractivity contribution >= 4 is 17.6 Å². The third-order valence-corrected chi connectivity index (χ3v) is 2.90. The Morgan fingerprint density at radius 1 is 1.39 bits per heavy atom. The van der Waals surface area contributed by atoms with Crippen molar-refractivity contribution in [2.45, 2.75) is 6.04 Å². The lowest BCUT2D eigenvalue weighted by molar-refractivity contribution is -0.119. The summed E-state index contributed by atoms with van der Waals surface area (Å²) in [6.45, 7) is 1.88. The molecule has 96 valence electrons. The molecule has 0 radical (unpaired) electrons. The monoisotopic (exact) mass is 249 g/mol. The van der Waals surface area contributed by atoms with Crippen LogP contribution in [0.1, 0.15) is 10.4 Å². The van der Waals surface area contributed by atoms with Crippen LogP contribution in [0.3, 0.4) is 0 Å². The van der Waals surface area contributed by atoms with Crippen LogP contribution in [0.25, 0.3) is 0 Å². The first-order valence-electron chi connectivity index (χ1n) is 5.62. The minimum absolute atomic E-state index is 0.338. The van der Waals surface area contributed by atoms with Gasteiger partial charge in [-0.3, -0.25) is 9.59 Å². The molecule has 5 N–H and O–H groups in total. The second-order valence-electron chi connectivity index (χ2n) is 4.09. The third-order valence-electron chi connectivity index (χ3n) is 2.90. The summed E-state index contributed by atoms with van der Waals surface area (Å²) in [4.78, 5) is 28.3. The number of piperazine rings is 1. The molecule has 1 aromatic rings. The Labute approximate surface area is 104 Å². The SMILES string of the molecule is NC(=O)c1ccc(N2CCNCC2C(N)=O)nc1. The molecule has 1 aliphatic heterocycles. The lowest BCUT2D eigenvalue weighted by Gasteiger charge is -2.35. The molecule has 1 atom stereocenters. The van der Waals surface area contributed by atoms with E-state index in [2.05, 4.69) is 10.3 Å². The zero-order valence-corrected chi connectivity index (χ0v) is 9.80. The summed E-state index contributed by atoms with van der Waals surface area (Å²) in [6, 6.07) is 2.83. The van der Waals surface area contributed by atoms with Crippen LogP contribution in [0.2, 0.25) is 0 Å². The Hall–Kier alpha value is -2.15. The molecule has 1 unspecified atom stereocenters. The van der Waals surface area contributed by atoms with Gasteiger partial charge in [-0.2, -0.15) is 0 Å². The molecule has 0 aliphatic carbocycles. The van der Waals surface area contributed by atoms with E-state index in [4.69, 9.17) is 11.5 Å². The van der Waals surface area contributed by atoms with Crippen LogP contribution in [0, 0.1) is 0 Å². The van der Waals surface area contributed by atoms with Gasteiger partial charge in [0.05, 0.1) is 5.56 Å². The van der Waals surface area contributed by atoms with E-state index in [1.54, 1.807) is 12.1 Å². The van der Waals surface area contributed by atoms with E-state index >= 15 is 0 Å². The predicted molar refractivity (Wildman–Crippen MR) is 66.0 cm³/mol. The molecule has 1 aromatic heterocycles. The van der Waals surface area contributed by atoms with Crippen molar-refractivity contribution in [1.29, 1.82) is 0 Å². The van der Waals surface area contributed by atoms with Gasteiger partial charge in [-0.05, 0) is 12.1 Å². The smallest absolute Gasteiger partial charge is 0.250 e. The topological polar surface area (TPSA) is 114 Å². The lowest BCUT2D eigenvalue weighted by atomic mass is 10.1. The van der Waals surface area contributed by atoms with Crippen LogP contribution < -0.4 is 21.7 Å². The molecule has 2 rings (SSSR count). The van der Waals surface area contributed by atoms with Gasteiger partial charge in [-0.15, -0.1) is 0 Å². The molecule has 2 amide bonds. The first-order valence-corrected chi connectivity index (χ1v) is 5.62. The maximum atomic E-state index is 11.4. The fourth-order valence-electron chi connectivity index (χ4n) is 1.93. The van der Waals surface area contributed by atoms with Crippen molar-refractivity contribution in [2.75, 3.05) is 24.5 Å². The van der Waals surface area contributed by atoms with Gasteiger partial charge >= 0.3 is 0 Å². The molecule has 2 heterocycles. The van der Waals surface area contributed by atoms with Gasteiger partial charge in [0.1, 0.15) is 11.9 Å². The molecule has 1 saturated heterocycles. The highest BCUT2D eigenvalue weighted by molar-refractivity contribution is 5.92. The van der Waals surface area contributed by atoms with Gasteiger partial charge in [0.2, 0.25) is 11.8 Å². The van der Waals surface area contributed by atoms with Gasteiger partial charge in [0.25, 0.3) is 0 Å². The lowest BCUT2D eigenvalue weighted by Crippen LogP contribution is -2.57. The van der Waals surface area contributed by atoms with Gasteiger partial charge in [0, 0.05) is 25.8 Å². The van der Waals surface area contributed by atoms with Crippen LogP contribution in [0.15, 0.2) is 18.3 Å². The number of hydrogen-bond donors (Lipinski definition) is 3. The normalized spacial score (nSPS) is 19.6. The maximum Gasteiger partial charge on any atom is 0.250 e. The number of pyridine rings is 1. The molecule has 0 spiro atoms. The number of aromatic nitrogens is 1. The average molecular weight is 249 g/mol. The quantitative estimate of drug-likeness (QED) is 0.599. The summed E-state index contributed by atoms with van der Waals surface area (Å²) in [6.07, 6.45) is 1.40. The fraction of sp³-hybridized carbons (Fsp3) is 0.364. The first-order chi connectivity index (χ1) is 8.59. The van der Waals surface area contributed by atoms with Gasteiger partial charge < -0.3 is 21.7 Å². The number of carbonyl (C=O) groups is 2. The maximum absolute atomic E-state index is 11.4. The standard InChI is InChI=1S/C11H15N5O2/c12-10(17)7-1-2-9(15-5-7)16-4-3-14-6-8(16)11(13)18/h1-2,5,8,14H,3-4,6H2,(H2,12,17)(H2,13,18). The van der Waals surface area contributed by atoms with Gasteiger partial charge in [0.15, 0.2) is 0 Å².